The van der Waals surface area contributed by atoms with Gasteiger partial charge in [0.2, 0.25) is 9.84 Å². The third kappa shape index (κ3) is 3.70. The summed E-state index contributed by atoms with van der Waals surface area (Å²) in [5.74, 6) is 1.81. The van der Waals surface area contributed by atoms with E-state index < -0.39 is 9.84 Å². The molecule has 2 heterocycles. The van der Waals surface area contributed by atoms with Crippen LogP contribution in [0.2, 0.25) is 0 Å². The Hall–Kier alpha value is -2.58. The fraction of sp³-hybridized carbons (Fsp3) is 0.238. The Morgan fingerprint density at radius 1 is 1.10 bits per heavy atom. The minimum absolute atomic E-state index is 0.000389. The first-order valence-electron chi connectivity index (χ1n) is 9.16. The van der Waals surface area contributed by atoms with E-state index in [-0.39, 0.29) is 21.3 Å². The summed E-state index contributed by atoms with van der Waals surface area (Å²) in [4.78, 5) is 19.4. The Morgan fingerprint density at radius 2 is 1.86 bits per heavy atom. The summed E-state index contributed by atoms with van der Waals surface area (Å²) >= 11 is 1.78. The highest BCUT2D eigenvalue weighted by Gasteiger charge is 2.30. The maximum absolute atomic E-state index is 13.7. The van der Waals surface area contributed by atoms with Gasteiger partial charge in [-0.1, -0.05) is 24.3 Å². The van der Waals surface area contributed by atoms with Crippen LogP contribution in [0.4, 0.5) is 0 Å². The summed E-state index contributed by atoms with van der Waals surface area (Å²) in [6.07, 6.45) is 1.39. The lowest BCUT2D eigenvalue weighted by Gasteiger charge is -2.27. The van der Waals surface area contributed by atoms with Gasteiger partial charge >= 0.3 is 0 Å². The number of carbonyl (C=O) groups excluding carboxylic acids is 1. The normalized spacial score (nSPS) is 14.7. The summed E-state index contributed by atoms with van der Waals surface area (Å²) in [6.45, 7) is 1.18. The van der Waals surface area contributed by atoms with Gasteiger partial charge in [-0.3, -0.25) is 9.78 Å². The number of amides is 1. The standard InChI is InChI=1S/C21H20N2O4S2/c1-27-15-5-4-6-16(13-15)29(25,26)20-17-7-2-3-8-19(17)22-14-18(20)21(24)23-9-11-28-12-10-23/h2-8,13-14H,9-12H2,1H3. The molecule has 3 aromatic rings. The highest BCUT2D eigenvalue weighted by Crippen LogP contribution is 2.32. The van der Waals surface area contributed by atoms with E-state index in [1.807, 2.05) is 0 Å². The number of hydrogen-bond donors (Lipinski definition) is 0. The topological polar surface area (TPSA) is 76.6 Å². The molecule has 1 saturated heterocycles. The number of hydrogen-bond acceptors (Lipinski definition) is 6. The van der Waals surface area contributed by atoms with Crippen molar-refractivity contribution in [2.75, 3.05) is 31.7 Å². The predicted molar refractivity (Wildman–Crippen MR) is 113 cm³/mol. The Bertz CT molecular complexity index is 1170. The molecule has 0 N–H and O–H groups in total. The average molecular weight is 429 g/mol. The molecule has 1 amide bonds. The monoisotopic (exact) mass is 428 g/mol. The van der Waals surface area contributed by atoms with Gasteiger partial charge in [0.15, 0.2) is 0 Å². The Morgan fingerprint density at radius 3 is 2.62 bits per heavy atom. The largest absolute Gasteiger partial charge is 0.497 e. The molecule has 4 rings (SSSR count). The van der Waals surface area contributed by atoms with Crippen LogP contribution in [0.3, 0.4) is 0 Å². The van der Waals surface area contributed by atoms with Crippen molar-refractivity contribution in [1.29, 1.82) is 0 Å². The molecule has 0 spiro atoms. The van der Waals surface area contributed by atoms with Gasteiger partial charge in [-0.15, -0.1) is 0 Å². The average Bonchev–Trinajstić information content (AvgIpc) is 2.78. The first-order valence-corrected chi connectivity index (χ1v) is 11.8. The summed E-state index contributed by atoms with van der Waals surface area (Å²) in [5.41, 5.74) is 0.637. The first kappa shape index (κ1) is 19.7. The van der Waals surface area contributed by atoms with Crippen LogP contribution < -0.4 is 4.74 Å². The number of carbonyl (C=O) groups is 1. The molecule has 1 aromatic heterocycles. The highest BCUT2D eigenvalue weighted by atomic mass is 32.2. The zero-order valence-electron chi connectivity index (χ0n) is 15.9. The smallest absolute Gasteiger partial charge is 0.256 e. The van der Waals surface area contributed by atoms with E-state index in [1.165, 1.54) is 25.4 Å². The molecule has 0 saturated carbocycles. The quantitative estimate of drug-likeness (QED) is 0.635. The van der Waals surface area contributed by atoms with Crippen LogP contribution in [0.5, 0.6) is 5.75 Å². The molecule has 6 nitrogen and oxygen atoms in total. The third-order valence-electron chi connectivity index (χ3n) is 4.87. The summed E-state index contributed by atoms with van der Waals surface area (Å²) < 4.78 is 32.5. The summed E-state index contributed by atoms with van der Waals surface area (Å²) in [6, 6.07) is 13.3. The number of para-hydroxylation sites is 1. The van der Waals surface area contributed by atoms with Crippen molar-refractivity contribution in [1.82, 2.24) is 9.88 Å². The van der Waals surface area contributed by atoms with E-state index in [2.05, 4.69) is 4.98 Å². The molecule has 1 aliphatic rings. The predicted octanol–water partition coefficient (Wildman–Crippen LogP) is 3.27. The van der Waals surface area contributed by atoms with Crippen LogP contribution >= 0.6 is 11.8 Å². The number of pyridine rings is 1. The van der Waals surface area contributed by atoms with Crippen LogP contribution in [0.15, 0.2) is 64.5 Å². The molecule has 2 aromatic carbocycles. The molecule has 0 aliphatic carbocycles. The lowest BCUT2D eigenvalue weighted by atomic mass is 10.1. The molecule has 0 atom stereocenters. The van der Waals surface area contributed by atoms with Gasteiger partial charge in [0.25, 0.3) is 5.91 Å². The van der Waals surface area contributed by atoms with Crippen molar-refractivity contribution in [3.8, 4) is 5.75 Å². The number of rotatable bonds is 4. The Kier molecular flexibility index (Phi) is 5.47. The number of sulfone groups is 1. The summed E-state index contributed by atoms with van der Waals surface area (Å²) in [5, 5.41) is 0.438. The maximum Gasteiger partial charge on any atom is 0.256 e. The molecule has 0 bridgehead atoms. The van der Waals surface area contributed by atoms with Crippen LogP contribution in [-0.2, 0) is 9.84 Å². The molecule has 150 valence electrons. The van der Waals surface area contributed by atoms with Crippen LogP contribution in [0, 0.1) is 0 Å². The van der Waals surface area contributed by atoms with Gasteiger partial charge in [0.1, 0.15) is 5.75 Å². The van der Waals surface area contributed by atoms with E-state index in [4.69, 9.17) is 4.74 Å². The zero-order valence-corrected chi connectivity index (χ0v) is 17.5. The number of methoxy groups -OCH3 is 1. The second-order valence-corrected chi connectivity index (χ2v) is 9.72. The molecule has 0 radical (unpaired) electrons. The van der Waals surface area contributed by atoms with Crippen molar-refractivity contribution >= 4 is 38.4 Å². The number of fused-ring (bicyclic) bond motifs is 1. The van der Waals surface area contributed by atoms with E-state index in [9.17, 15) is 13.2 Å². The van der Waals surface area contributed by atoms with Crippen molar-refractivity contribution in [2.45, 2.75) is 9.79 Å². The fourth-order valence-electron chi connectivity index (χ4n) is 3.38. The fourth-order valence-corrected chi connectivity index (χ4v) is 5.94. The lowest BCUT2D eigenvalue weighted by Crippen LogP contribution is -2.38. The molecule has 8 heteroatoms. The van der Waals surface area contributed by atoms with Crippen molar-refractivity contribution in [3.05, 3.63) is 60.3 Å². The van der Waals surface area contributed by atoms with Gasteiger partial charge in [-0.05, 0) is 24.3 Å². The number of nitrogens with zero attached hydrogens (tertiary/aromatic N) is 2. The molecule has 1 fully saturated rings. The van der Waals surface area contributed by atoms with Gasteiger partial charge < -0.3 is 9.64 Å². The first-order chi connectivity index (χ1) is 14.0. The third-order valence-corrected chi connectivity index (χ3v) is 7.67. The van der Waals surface area contributed by atoms with Crippen molar-refractivity contribution < 1.29 is 17.9 Å². The lowest BCUT2D eigenvalue weighted by molar-refractivity contribution is 0.0768. The Balaban J connectivity index is 1.94. The SMILES string of the molecule is COc1cccc(S(=O)(=O)c2c(C(=O)N3CCSCC3)cnc3ccccc23)c1. The van der Waals surface area contributed by atoms with Gasteiger partial charge in [0, 0.05) is 36.2 Å². The Labute approximate surface area is 173 Å². The number of aromatic nitrogens is 1. The maximum atomic E-state index is 13.7. The minimum Gasteiger partial charge on any atom is -0.497 e. The highest BCUT2D eigenvalue weighted by molar-refractivity contribution is 7.99. The van der Waals surface area contributed by atoms with Crippen molar-refractivity contribution in [2.24, 2.45) is 0 Å². The van der Waals surface area contributed by atoms with E-state index in [0.717, 1.165) is 11.5 Å². The second-order valence-electron chi connectivity index (χ2n) is 6.61. The minimum atomic E-state index is -3.99. The van der Waals surface area contributed by atoms with Crippen molar-refractivity contribution in [3.63, 3.8) is 0 Å². The number of ether oxygens (including phenoxy) is 1. The second kappa shape index (κ2) is 8.04. The van der Waals surface area contributed by atoms with Crippen LogP contribution in [-0.4, -0.2) is 55.9 Å². The van der Waals surface area contributed by atoms with E-state index in [0.29, 0.717) is 29.7 Å². The molecule has 29 heavy (non-hydrogen) atoms. The molecular formula is C21H20N2O4S2. The molecule has 1 aliphatic heterocycles. The molecular weight excluding hydrogens is 408 g/mol. The number of thioether (sulfide) groups is 1. The van der Waals surface area contributed by atoms with E-state index >= 15 is 0 Å². The molecule has 0 unspecified atom stereocenters. The van der Waals surface area contributed by atoms with Gasteiger partial charge in [0.05, 0.1) is 28.0 Å². The van der Waals surface area contributed by atoms with E-state index in [1.54, 1.807) is 53.1 Å². The van der Waals surface area contributed by atoms with Gasteiger partial charge in [-0.2, -0.15) is 11.8 Å². The zero-order chi connectivity index (χ0) is 20.4. The number of benzene rings is 2. The summed E-state index contributed by atoms with van der Waals surface area (Å²) in [7, 11) is -2.50. The van der Waals surface area contributed by atoms with Crippen LogP contribution in [0.25, 0.3) is 10.9 Å². The van der Waals surface area contributed by atoms with Crippen LogP contribution in [0.1, 0.15) is 10.4 Å². The van der Waals surface area contributed by atoms with Gasteiger partial charge in [-0.25, -0.2) is 8.42 Å².